The fourth-order valence-corrected chi connectivity index (χ4v) is 8.42. The van der Waals surface area contributed by atoms with Gasteiger partial charge in [-0.1, -0.05) is 13.0 Å². The molecule has 2 amide bonds. The maximum atomic E-state index is 14.2. The third kappa shape index (κ3) is 3.60. The summed E-state index contributed by atoms with van der Waals surface area (Å²) >= 11 is 1.59. The molecule has 3 saturated heterocycles. The number of carbonyl (C=O) groups excluding carboxylic acids is 3. The topological polar surface area (TPSA) is 96.4 Å². The van der Waals surface area contributed by atoms with E-state index in [1.54, 1.807) is 61.0 Å². The number of carbonyl (C=O) groups is 3. The van der Waals surface area contributed by atoms with Crippen LogP contribution in [0.25, 0.3) is 0 Å². The second kappa shape index (κ2) is 9.62. The Bertz CT molecular complexity index is 969. The van der Waals surface area contributed by atoms with Crippen LogP contribution in [-0.2, 0) is 19.1 Å². The van der Waals surface area contributed by atoms with Crippen LogP contribution in [-0.4, -0.2) is 77.2 Å². The summed E-state index contributed by atoms with van der Waals surface area (Å²) in [5.41, 5.74) is 0.661. The number of methoxy groups -OCH3 is 1. The smallest absolute Gasteiger partial charge is 0.310 e. The Labute approximate surface area is 204 Å². The van der Waals surface area contributed by atoms with Gasteiger partial charge in [0.25, 0.3) is 5.91 Å². The highest BCUT2D eigenvalue weighted by Gasteiger charge is 2.76. The van der Waals surface area contributed by atoms with E-state index in [1.807, 2.05) is 0 Å². The van der Waals surface area contributed by atoms with Gasteiger partial charge in [-0.15, -0.1) is 18.3 Å². The van der Waals surface area contributed by atoms with Crippen molar-refractivity contribution in [1.29, 1.82) is 0 Å². The van der Waals surface area contributed by atoms with E-state index in [0.717, 1.165) is 6.42 Å². The molecule has 6 atom stereocenters. The Morgan fingerprint density at radius 3 is 2.65 bits per heavy atom. The molecular weight excluding hydrogens is 456 g/mol. The third-order valence-electron chi connectivity index (χ3n) is 7.34. The number of hydrogen-bond donors (Lipinski definition) is 1. The SMILES string of the molecule is C=CCN(C(=O)C1N(CCO)C(=O)[C@@H]2[C@@H](C(=O)OCC)[C@H]3CC(C)C12S3)c1ccc(OC)cc1. The van der Waals surface area contributed by atoms with E-state index in [0.29, 0.717) is 11.4 Å². The zero-order valence-electron chi connectivity index (χ0n) is 19.8. The number of amides is 2. The number of benzene rings is 1. The van der Waals surface area contributed by atoms with E-state index in [1.165, 1.54) is 4.90 Å². The lowest BCUT2D eigenvalue weighted by atomic mass is 9.66. The van der Waals surface area contributed by atoms with Gasteiger partial charge in [-0.3, -0.25) is 14.4 Å². The number of aliphatic hydroxyl groups is 1. The quantitative estimate of drug-likeness (QED) is 0.420. The number of esters is 1. The molecule has 3 fully saturated rings. The molecule has 184 valence electrons. The first-order chi connectivity index (χ1) is 16.3. The fraction of sp³-hybridized carbons (Fsp3) is 0.560. The number of β-amino-alcohol motifs (C(OH)–C–C–N with tert-alkyl or cyclic N) is 1. The Kier molecular flexibility index (Phi) is 6.96. The number of likely N-dealkylation sites (tertiary alicyclic amines) is 1. The minimum absolute atomic E-state index is 0.0333. The molecule has 4 rings (SSSR count). The van der Waals surface area contributed by atoms with E-state index >= 15 is 0 Å². The van der Waals surface area contributed by atoms with Crippen molar-refractivity contribution in [2.75, 3.05) is 38.3 Å². The molecule has 3 aliphatic heterocycles. The van der Waals surface area contributed by atoms with Crippen molar-refractivity contribution in [2.45, 2.75) is 36.3 Å². The van der Waals surface area contributed by atoms with Gasteiger partial charge in [0, 0.05) is 24.0 Å². The molecule has 3 aliphatic rings. The molecule has 1 N–H and O–H groups in total. The lowest BCUT2D eigenvalue weighted by Crippen LogP contribution is -2.57. The average molecular weight is 489 g/mol. The summed E-state index contributed by atoms with van der Waals surface area (Å²) in [5, 5.41) is 9.70. The summed E-state index contributed by atoms with van der Waals surface area (Å²) in [6.07, 6.45) is 2.38. The van der Waals surface area contributed by atoms with Gasteiger partial charge >= 0.3 is 5.97 Å². The minimum Gasteiger partial charge on any atom is -0.497 e. The largest absolute Gasteiger partial charge is 0.497 e. The monoisotopic (exact) mass is 488 g/mol. The number of anilines is 1. The molecule has 8 nitrogen and oxygen atoms in total. The first-order valence-electron chi connectivity index (χ1n) is 11.7. The minimum atomic E-state index is -0.802. The predicted molar refractivity (Wildman–Crippen MR) is 130 cm³/mol. The molecular formula is C25H32N2O6S. The molecule has 2 bridgehead atoms. The highest BCUT2D eigenvalue weighted by atomic mass is 32.2. The predicted octanol–water partition coefficient (Wildman–Crippen LogP) is 2.11. The Morgan fingerprint density at radius 1 is 1.35 bits per heavy atom. The van der Waals surface area contributed by atoms with Gasteiger partial charge < -0.3 is 24.4 Å². The highest BCUT2D eigenvalue weighted by molar-refractivity contribution is 8.02. The summed E-state index contributed by atoms with van der Waals surface area (Å²) < 4.78 is 9.83. The zero-order valence-corrected chi connectivity index (χ0v) is 20.6. The standard InChI is InChI=1S/C25H32N2O6S/c1-5-11-26(16-7-9-17(32-4)10-8-16)23(30)21-25-15(3)14-18(34-25)19(24(31)33-6-2)20(25)22(29)27(21)12-13-28/h5,7-10,15,18-21,28H,1,6,11-14H2,2-4H3/t15?,18-,19+,20+,21?,25?/m1/s1. The summed E-state index contributed by atoms with van der Waals surface area (Å²) in [6.45, 7) is 7.89. The summed E-state index contributed by atoms with van der Waals surface area (Å²) in [4.78, 5) is 44.0. The van der Waals surface area contributed by atoms with Crippen molar-refractivity contribution in [3.63, 3.8) is 0 Å². The number of aliphatic hydroxyl groups excluding tert-OH is 1. The van der Waals surface area contributed by atoms with Crippen LogP contribution in [0.3, 0.4) is 0 Å². The maximum Gasteiger partial charge on any atom is 0.310 e. The van der Waals surface area contributed by atoms with Crippen molar-refractivity contribution >= 4 is 35.2 Å². The van der Waals surface area contributed by atoms with E-state index in [-0.39, 0.29) is 55.3 Å². The fourth-order valence-electron chi connectivity index (χ4n) is 6.02. The van der Waals surface area contributed by atoms with Crippen LogP contribution >= 0.6 is 11.8 Å². The van der Waals surface area contributed by atoms with Crippen molar-refractivity contribution in [2.24, 2.45) is 17.8 Å². The van der Waals surface area contributed by atoms with Crippen LogP contribution in [0.2, 0.25) is 0 Å². The molecule has 3 unspecified atom stereocenters. The third-order valence-corrected chi connectivity index (χ3v) is 9.42. The second-order valence-electron chi connectivity index (χ2n) is 9.00. The lowest BCUT2D eigenvalue weighted by Gasteiger charge is -2.40. The van der Waals surface area contributed by atoms with Crippen molar-refractivity contribution < 1.29 is 29.0 Å². The number of hydrogen-bond acceptors (Lipinski definition) is 7. The summed E-state index contributed by atoms with van der Waals surface area (Å²) in [5.74, 6) is -1.38. The normalized spacial score (nSPS) is 31.4. The number of nitrogens with zero attached hydrogens (tertiary/aromatic N) is 2. The molecule has 1 spiro atoms. The Hall–Kier alpha value is -2.52. The molecule has 9 heteroatoms. The van der Waals surface area contributed by atoms with Gasteiger partial charge in [0.15, 0.2) is 0 Å². The molecule has 1 aromatic carbocycles. The van der Waals surface area contributed by atoms with Crippen LogP contribution in [0.5, 0.6) is 5.75 Å². The van der Waals surface area contributed by atoms with Crippen molar-refractivity contribution in [1.82, 2.24) is 4.90 Å². The van der Waals surface area contributed by atoms with Crippen LogP contribution in [0.15, 0.2) is 36.9 Å². The van der Waals surface area contributed by atoms with Gasteiger partial charge in [-0.2, -0.15) is 0 Å². The van der Waals surface area contributed by atoms with Crippen LogP contribution in [0, 0.1) is 17.8 Å². The summed E-state index contributed by atoms with van der Waals surface area (Å²) in [7, 11) is 1.58. The van der Waals surface area contributed by atoms with Gasteiger partial charge in [0.2, 0.25) is 5.91 Å². The number of thioether (sulfide) groups is 1. The summed E-state index contributed by atoms with van der Waals surface area (Å²) in [6, 6.07) is 6.35. The van der Waals surface area contributed by atoms with Crippen molar-refractivity contribution in [3.05, 3.63) is 36.9 Å². The van der Waals surface area contributed by atoms with Crippen LogP contribution in [0.1, 0.15) is 20.3 Å². The maximum absolute atomic E-state index is 14.2. The number of rotatable bonds is 9. The molecule has 0 radical (unpaired) electrons. The molecule has 0 aromatic heterocycles. The lowest BCUT2D eigenvalue weighted by molar-refractivity contribution is -0.154. The van der Waals surface area contributed by atoms with Crippen LogP contribution in [0.4, 0.5) is 5.69 Å². The highest BCUT2D eigenvalue weighted by Crippen LogP contribution is 2.68. The molecule has 34 heavy (non-hydrogen) atoms. The molecule has 0 aliphatic carbocycles. The van der Waals surface area contributed by atoms with Gasteiger partial charge in [-0.05, 0) is 43.5 Å². The van der Waals surface area contributed by atoms with Gasteiger partial charge in [-0.25, -0.2) is 0 Å². The molecule has 1 aromatic rings. The molecule has 0 saturated carbocycles. The zero-order chi connectivity index (χ0) is 24.6. The average Bonchev–Trinajstić information content (AvgIpc) is 3.42. The van der Waals surface area contributed by atoms with Crippen LogP contribution < -0.4 is 9.64 Å². The van der Waals surface area contributed by atoms with Gasteiger partial charge in [0.05, 0.1) is 36.9 Å². The second-order valence-corrected chi connectivity index (χ2v) is 10.5. The number of fused-ring (bicyclic) bond motifs is 1. The van der Waals surface area contributed by atoms with Gasteiger partial charge in [0.1, 0.15) is 11.8 Å². The van der Waals surface area contributed by atoms with Crippen molar-refractivity contribution in [3.8, 4) is 5.75 Å². The Balaban J connectivity index is 1.78. The number of ether oxygens (including phenoxy) is 2. The molecule has 3 heterocycles. The van der Waals surface area contributed by atoms with E-state index < -0.39 is 22.6 Å². The van der Waals surface area contributed by atoms with E-state index in [2.05, 4.69) is 13.5 Å². The Morgan fingerprint density at radius 2 is 2.06 bits per heavy atom. The first-order valence-corrected chi connectivity index (χ1v) is 12.6. The van der Waals surface area contributed by atoms with E-state index in [4.69, 9.17) is 9.47 Å². The van der Waals surface area contributed by atoms with E-state index in [9.17, 15) is 19.5 Å². The first kappa shape index (κ1) is 24.6.